The van der Waals surface area contributed by atoms with Gasteiger partial charge in [0.1, 0.15) is 0 Å². The number of hydrogen-bond donors (Lipinski definition) is 2. The van der Waals surface area contributed by atoms with Gasteiger partial charge in [0.05, 0.1) is 12.1 Å². The smallest absolute Gasteiger partial charge is 0.460 e. The number of hydrogen-bond acceptors (Lipinski definition) is 2. The molecule has 0 aromatic heterocycles. The topological polar surface area (TPSA) is 49.3 Å². The zero-order chi connectivity index (χ0) is 26.5. The van der Waals surface area contributed by atoms with E-state index >= 15 is 0 Å². The normalized spacial score (nSPS) is 14.9. The van der Waals surface area contributed by atoms with Crippen LogP contribution < -0.4 is 5.32 Å². The number of alkyl halides is 15. The molecule has 190 valence electrons. The Morgan fingerprint density at radius 2 is 1.00 bits per heavy atom. The highest BCUT2D eigenvalue weighted by Crippen LogP contribution is 2.62. The highest BCUT2D eigenvalue weighted by molar-refractivity contribution is 5.87. The molecule has 0 amide bonds. The third kappa shape index (κ3) is 4.34. The molecule has 0 fully saturated rings. The molecule has 1 rings (SSSR count). The van der Waals surface area contributed by atoms with Gasteiger partial charge in [-0.05, 0) is 24.3 Å². The first-order chi connectivity index (χ1) is 14.4. The zero-order valence-corrected chi connectivity index (χ0v) is 15.0. The maximum absolute atomic E-state index is 13.7. The lowest BCUT2D eigenvalue weighted by molar-refractivity contribution is -0.451. The summed E-state index contributed by atoms with van der Waals surface area (Å²) in [6, 6.07) is 2.54. The first kappa shape index (κ1) is 28.5. The Balaban J connectivity index is 3.31. The van der Waals surface area contributed by atoms with Crippen molar-refractivity contribution < 1.29 is 75.8 Å². The second-order valence-corrected chi connectivity index (χ2v) is 6.31. The van der Waals surface area contributed by atoms with Gasteiger partial charge in [0, 0.05) is 5.69 Å². The zero-order valence-electron chi connectivity index (χ0n) is 15.0. The molecule has 1 aromatic rings. The molecule has 0 unspecified atom stereocenters. The summed E-state index contributed by atoms with van der Waals surface area (Å²) in [7, 11) is 0. The van der Waals surface area contributed by atoms with Crippen molar-refractivity contribution in [3.8, 4) is 0 Å². The van der Waals surface area contributed by atoms with E-state index in [9.17, 15) is 70.7 Å². The van der Waals surface area contributed by atoms with E-state index in [0.717, 1.165) is 0 Å². The number of rotatable bonds is 9. The van der Waals surface area contributed by atoms with E-state index in [-0.39, 0.29) is 0 Å². The van der Waals surface area contributed by atoms with Crippen LogP contribution in [-0.4, -0.2) is 59.3 Å². The van der Waals surface area contributed by atoms with Gasteiger partial charge in [-0.3, -0.25) is 0 Å². The van der Waals surface area contributed by atoms with Crippen LogP contribution in [0.15, 0.2) is 24.3 Å². The average Bonchev–Trinajstić information content (AvgIpc) is 2.65. The fourth-order valence-electron chi connectivity index (χ4n) is 2.05. The van der Waals surface area contributed by atoms with Gasteiger partial charge < -0.3 is 10.4 Å². The fraction of sp³-hybridized carbons (Fsp3) is 0.533. The monoisotopic (exact) mass is 519 g/mol. The molecule has 0 bridgehead atoms. The Labute approximate surface area is 172 Å². The summed E-state index contributed by atoms with van der Waals surface area (Å²) < 4.78 is 196. The number of carbonyl (C=O) groups is 1. The maximum Gasteiger partial charge on any atom is 0.460 e. The van der Waals surface area contributed by atoms with Crippen LogP contribution in [-0.2, 0) is 0 Å². The van der Waals surface area contributed by atoms with Crippen molar-refractivity contribution in [1.29, 1.82) is 0 Å². The standard InChI is InChI=1S/C15H8F15NO2/c16-9(17,5-31-7-3-1-6(2-4-7)8(32)33)10(18,19)11(20,21)12(22,23)13(24,25)14(26,27)15(28,29)30/h1-4,31H,5H2,(H,32,33). The molecule has 0 aliphatic carbocycles. The Bertz CT molecular complexity index is 861. The summed E-state index contributed by atoms with van der Waals surface area (Å²) in [5.74, 6) is -48.4. The Morgan fingerprint density at radius 1 is 0.636 bits per heavy atom. The molecule has 0 heterocycles. The number of benzene rings is 1. The van der Waals surface area contributed by atoms with Gasteiger partial charge in [-0.25, -0.2) is 4.79 Å². The van der Waals surface area contributed by atoms with E-state index in [1.54, 1.807) is 0 Å². The Morgan fingerprint density at radius 3 is 1.36 bits per heavy atom. The summed E-state index contributed by atoms with van der Waals surface area (Å²) in [6.07, 6.45) is -7.66. The van der Waals surface area contributed by atoms with Gasteiger partial charge in [0.15, 0.2) is 0 Å². The lowest BCUT2D eigenvalue weighted by Gasteiger charge is -2.41. The van der Waals surface area contributed by atoms with Gasteiger partial charge in [-0.15, -0.1) is 0 Å². The van der Waals surface area contributed by atoms with Gasteiger partial charge in [0.2, 0.25) is 0 Å². The summed E-state index contributed by atoms with van der Waals surface area (Å²) >= 11 is 0. The molecule has 2 N–H and O–H groups in total. The van der Waals surface area contributed by atoms with Crippen LogP contribution in [0.2, 0.25) is 0 Å². The van der Waals surface area contributed by atoms with Crippen molar-refractivity contribution in [3.63, 3.8) is 0 Å². The van der Waals surface area contributed by atoms with E-state index in [4.69, 9.17) is 5.11 Å². The predicted octanol–water partition coefficient (Wildman–Crippen LogP) is 6.17. The number of carboxylic acids is 1. The minimum atomic E-state index is -8.34. The van der Waals surface area contributed by atoms with Crippen molar-refractivity contribution in [2.75, 3.05) is 11.9 Å². The van der Waals surface area contributed by atoms with Gasteiger partial charge in [-0.2, -0.15) is 65.9 Å². The summed E-state index contributed by atoms with van der Waals surface area (Å²) in [6.45, 7) is -2.75. The minimum Gasteiger partial charge on any atom is -0.478 e. The molecule has 18 heteroatoms. The lowest BCUT2D eigenvalue weighted by atomic mass is 9.91. The van der Waals surface area contributed by atoms with Crippen molar-refractivity contribution in [2.24, 2.45) is 0 Å². The van der Waals surface area contributed by atoms with Crippen LogP contribution >= 0.6 is 0 Å². The molecule has 1 aromatic carbocycles. The number of halogens is 15. The van der Waals surface area contributed by atoms with Gasteiger partial charge in [0.25, 0.3) is 0 Å². The highest BCUT2D eigenvalue weighted by Gasteiger charge is 2.93. The van der Waals surface area contributed by atoms with Gasteiger partial charge >= 0.3 is 47.7 Å². The minimum absolute atomic E-state index is 0.489. The van der Waals surface area contributed by atoms with E-state index < -0.39 is 65.5 Å². The molecule has 0 saturated carbocycles. The third-order valence-corrected chi connectivity index (χ3v) is 4.04. The third-order valence-electron chi connectivity index (χ3n) is 4.04. The number of carboxylic acid groups (broad SMARTS) is 1. The average molecular weight is 519 g/mol. The molecule has 3 nitrogen and oxygen atoms in total. The molecule has 0 saturated heterocycles. The van der Waals surface area contributed by atoms with Crippen molar-refractivity contribution in [3.05, 3.63) is 29.8 Å². The Kier molecular flexibility index (Phi) is 6.93. The molecule has 33 heavy (non-hydrogen) atoms. The van der Waals surface area contributed by atoms with E-state index in [0.29, 0.717) is 24.3 Å². The first-order valence-electron chi connectivity index (χ1n) is 7.79. The summed E-state index contributed by atoms with van der Waals surface area (Å²) in [5.41, 5.74) is -1.20. The van der Waals surface area contributed by atoms with E-state index in [1.165, 1.54) is 5.32 Å². The maximum atomic E-state index is 13.7. The van der Waals surface area contributed by atoms with Crippen LogP contribution in [0.1, 0.15) is 10.4 Å². The largest absolute Gasteiger partial charge is 0.478 e. The fourth-order valence-corrected chi connectivity index (χ4v) is 2.05. The summed E-state index contributed by atoms with van der Waals surface area (Å²) in [4.78, 5) is 10.6. The second-order valence-electron chi connectivity index (χ2n) is 6.31. The predicted molar refractivity (Wildman–Crippen MR) is 77.6 cm³/mol. The van der Waals surface area contributed by atoms with Crippen molar-refractivity contribution >= 4 is 11.7 Å². The molecular weight excluding hydrogens is 511 g/mol. The lowest BCUT2D eigenvalue weighted by Crippen LogP contribution is -2.73. The highest BCUT2D eigenvalue weighted by atomic mass is 19.4. The quantitative estimate of drug-likeness (QED) is 0.384. The van der Waals surface area contributed by atoms with Crippen molar-refractivity contribution in [1.82, 2.24) is 0 Å². The second kappa shape index (κ2) is 8.03. The van der Waals surface area contributed by atoms with Crippen LogP contribution in [0.3, 0.4) is 0 Å². The molecule has 0 aliphatic heterocycles. The van der Waals surface area contributed by atoms with Crippen LogP contribution in [0.5, 0.6) is 0 Å². The van der Waals surface area contributed by atoms with Crippen molar-refractivity contribution in [2.45, 2.75) is 41.7 Å². The first-order valence-corrected chi connectivity index (χ1v) is 7.79. The molecule has 0 aliphatic rings. The van der Waals surface area contributed by atoms with Crippen LogP contribution in [0, 0.1) is 0 Å². The van der Waals surface area contributed by atoms with E-state index in [1.807, 2.05) is 0 Å². The molecular formula is C15H8F15NO2. The Hall–Kier alpha value is -2.56. The van der Waals surface area contributed by atoms with Crippen LogP contribution in [0.4, 0.5) is 71.5 Å². The molecule has 0 atom stereocenters. The summed E-state index contributed by atoms with van der Waals surface area (Å²) in [5, 5.41) is 9.86. The van der Waals surface area contributed by atoms with Crippen LogP contribution in [0.25, 0.3) is 0 Å². The molecule has 0 radical (unpaired) electrons. The number of aromatic carboxylic acids is 1. The molecule has 0 spiro atoms. The van der Waals surface area contributed by atoms with E-state index in [2.05, 4.69) is 0 Å². The number of anilines is 1. The SMILES string of the molecule is O=C(O)c1ccc(NCC(F)(F)C(F)(F)C(F)(F)C(F)(F)C(F)(F)C(F)(F)C(F)(F)F)cc1. The van der Waals surface area contributed by atoms with Gasteiger partial charge in [-0.1, -0.05) is 0 Å². The number of nitrogens with one attached hydrogen (secondary N) is 1.